The maximum Gasteiger partial charge on any atom is 0.300 e. The molecule has 0 bridgehead atoms. The first-order valence-corrected chi connectivity index (χ1v) is 11.4. The number of halogens is 2. The van der Waals surface area contributed by atoms with Gasteiger partial charge in [-0.05, 0) is 61.0 Å². The first kappa shape index (κ1) is 24.4. The molecule has 3 aromatic rings. The van der Waals surface area contributed by atoms with Crippen LogP contribution >= 0.6 is 23.2 Å². The highest BCUT2D eigenvalue weighted by atomic mass is 35.5. The maximum atomic E-state index is 13.3. The summed E-state index contributed by atoms with van der Waals surface area (Å²) in [5.74, 6) is -1.36. The molecular weight excluding hydrogens is 493 g/mol. The van der Waals surface area contributed by atoms with Gasteiger partial charge in [-0.3, -0.25) is 14.5 Å². The minimum absolute atomic E-state index is 0.00523. The predicted octanol–water partition coefficient (Wildman–Crippen LogP) is 5.73. The SMILES string of the molecule is CCOc1ccc(Cl)c(/C(O)=C2\C(=O)C(=O)N(c3ccc(OC)c(Cl)c3)C2c2ccc(O)cc2)c1. The number of ketones is 1. The number of ether oxygens (including phenoxy) is 2. The Hall–Kier alpha value is -3.68. The Bertz CT molecular complexity index is 1340. The van der Waals surface area contributed by atoms with Gasteiger partial charge in [-0.2, -0.15) is 0 Å². The summed E-state index contributed by atoms with van der Waals surface area (Å²) in [7, 11) is 1.46. The van der Waals surface area contributed by atoms with Crippen molar-refractivity contribution in [1.29, 1.82) is 0 Å². The van der Waals surface area contributed by atoms with E-state index in [-0.39, 0.29) is 26.9 Å². The quantitative estimate of drug-likeness (QED) is 0.248. The number of aromatic hydroxyl groups is 1. The summed E-state index contributed by atoms with van der Waals surface area (Å²) in [5, 5.41) is 21.5. The van der Waals surface area contributed by atoms with Gasteiger partial charge in [0.1, 0.15) is 23.0 Å². The minimum atomic E-state index is -1.02. The number of anilines is 1. The van der Waals surface area contributed by atoms with Crippen LogP contribution in [0.1, 0.15) is 24.1 Å². The van der Waals surface area contributed by atoms with Crippen molar-refractivity contribution >= 4 is 46.3 Å². The van der Waals surface area contributed by atoms with Crippen molar-refractivity contribution in [2.75, 3.05) is 18.6 Å². The fourth-order valence-electron chi connectivity index (χ4n) is 3.96. The van der Waals surface area contributed by atoms with Gasteiger partial charge < -0.3 is 19.7 Å². The molecule has 2 N–H and O–H groups in total. The molecular formula is C26H21Cl2NO6. The summed E-state index contributed by atoms with van der Waals surface area (Å²) < 4.78 is 10.7. The van der Waals surface area contributed by atoms with Gasteiger partial charge in [0, 0.05) is 11.3 Å². The van der Waals surface area contributed by atoms with Crippen LogP contribution in [0.5, 0.6) is 17.2 Å². The van der Waals surface area contributed by atoms with E-state index in [0.29, 0.717) is 29.4 Å². The van der Waals surface area contributed by atoms with Crippen LogP contribution in [0.15, 0.2) is 66.2 Å². The number of Topliss-reactive ketones (excluding diaryl/α,β-unsaturated/α-hetero) is 1. The number of aliphatic hydroxyl groups excluding tert-OH is 1. The van der Waals surface area contributed by atoms with Crippen molar-refractivity contribution in [1.82, 2.24) is 0 Å². The second-order valence-electron chi connectivity index (χ2n) is 7.65. The lowest BCUT2D eigenvalue weighted by Gasteiger charge is -2.26. The second kappa shape index (κ2) is 9.90. The van der Waals surface area contributed by atoms with E-state index in [1.807, 2.05) is 6.92 Å². The van der Waals surface area contributed by atoms with Crippen molar-refractivity contribution < 1.29 is 29.3 Å². The van der Waals surface area contributed by atoms with Gasteiger partial charge in [-0.1, -0.05) is 35.3 Å². The van der Waals surface area contributed by atoms with Crippen molar-refractivity contribution in [2.24, 2.45) is 0 Å². The standard InChI is InChI=1S/C26H21Cl2NO6/c1-3-35-17-9-10-19(27)18(13-17)24(31)22-23(14-4-7-16(30)8-5-14)29(26(33)25(22)32)15-6-11-21(34-2)20(28)12-15/h4-13,23,30-31H,3H2,1-2H3/b24-22+. The van der Waals surface area contributed by atoms with Gasteiger partial charge in [-0.15, -0.1) is 0 Å². The summed E-state index contributed by atoms with van der Waals surface area (Å²) in [4.78, 5) is 27.8. The Labute approximate surface area is 211 Å². The maximum absolute atomic E-state index is 13.3. The van der Waals surface area contributed by atoms with E-state index in [1.165, 1.54) is 42.3 Å². The molecule has 1 amide bonds. The number of phenolic OH excluding ortho intramolecular Hbond substituents is 1. The van der Waals surface area contributed by atoms with Crippen LogP contribution < -0.4 is 14.4 Å². The zero-order valence-electron chi connectivity index (χ0n) is 18.8. The smallest absolute Gasteiger partial charge is 0.300 e. The fraction of sp³-hybridized carbons (Fsp3) is 0.154. The van der Waals surface area contributed by atoms with E-state index < -0.39 is 23.5 Å². The number of carbonyl (C=O) groups excluding carboxylic acids is 2. The lowest BCUT2D eigenvalue weighted by molar-refractivity contribution is -0.132. The molecule has 1 atom stereocenters. The van der Waals surface area contributed by atoms with Crippen LogP contribution in [-0.2, 0) is 9.59 Å². The number of hydrogen-bond donors (Lipinski definition) is 2. The van der Waals surface area contributed by atoms with Gasteiger partial charge in [0.25, 0.3) is 11.7 Å². The van der Waals surface area contributed by atoms with Crippen LogP contribution in [-0.4, -0.2) is 35.6 Å². The number of hydrogen-bond acceptors (Lipinski definition) is 6. The number of methoxy groups -OCH3 is 1. The largest absolute Gasteiger partial charge is 0.508 e. The van der Waals surface area contributed by atoms with Gasteiger partial charge in [0.2, 0.25) is 0 Å². The molecule has 0 aromatic heterocycles. The Morgan fingerprint density at radius 2 is 1.71 bits per heavy atom. The molecule has 4 rings (SSSR count). The number of carbonyl (C=O) groups is 2. The lowest BCUT2D eigenvalue weighted by Crippen LogP contribution is -2.29. The number of aliphatic hydroxyl groups is 1. The minimum Gasteiger partial charge on any atom is -0.508 e. The van der Waals surface area contributed by atoms with E-state index in [4.69, 9.17) is 32.7 Å². The third kappa shape index (κ3) is 4.52. The molecule has 1 aliphatic heterocycles. The zero-order valence-corrected chi connectivity index (χ0v) is 20.3. The summed E-state index contributed by atoms with van der Waals surface area (Å²) in [6, 6.07) is 14.3. The van der Waals surface area contributed by atoms with Crippen molar-refractivity contribution in [3.8, 4) is 17.2 Å². The van der Waals surface area contributed by atoms with Crippen molar-refractivity contribution in [3.05, 3.63) is 87.4 Å². The van der Waals surface area contributed by atoms with E-state index in [9.17, 15) is 19.8 Å². The monoisotopic (exact) mass is 513 g/mol. The van der Waals surface area contributed by atoms with E-state index in [2.05, 4.69) is 0 Å². The Balaban J connectivity index is 1.95. The molecule has 1 unspecified atom stereocenters. The highest BCUT2D eigenvalue weighted by molar-refractivity contribution is 6.52. The molecule has 0 radical (unpaired) electrons. The molecule has 7 nitrogen and oxygen atoms in total. The van der Waals surface area contributed by atoms with Crippen LogP contribution in [0.4, 0.5) is 5.69 Å². The zero-order chi connectivity index (χ0) is 25.3. The molecule has 0 spiro atoms. The molecule has 0 saturated carbocycles. The third-order valence-electron chi connectivity index (χ3n) is 5.57. The second-order valence-corrected chi connectivity index (χ2v) is 8.47. The molecule has 180 valence electrons. The highest BCUT2D eigenvalue weighted by Gasteiger charge is 2.47. The molecule has 1 saturated heterocycles. The van der Waals surface area contributed by atoms with E-state index in [0.717, 1.165) is 0 Å². The van der Waals surface area contributed by atoms with Gasteiger partial charge >= 0.3 is 0 Å². The number of rotatable bonds is 6. The Morgan fingerprint density at radius 3 is 2.34 bits per heavy atom. The normalized spacial score (nSPS) is 17.0. The average molecular weight is 514 g/mol. The molecule has 9 heteroatoms. The van der Waals surface area contributed by atoms with E-state index >= 15 is 0 Å². The molecule has 3 aromatic carbocycles. The number of amides is 1. The summed E-state index contributed by atoms with van der Waals surface area (Å²) in [6.07, 6.45) is 0. The topological polar surface area (TPSA) is 96.3 Å². The third-order valence-corrected chi connectivity index (χ3v) is 6.20. The first-order chi connectivity index (χ1) is 16.8. The Kier molecular flexibility index (Phi) is 6.91. The van der Waals surface area contributed by atoms with Crippen molar-refractivity contribution in [3.63, 3.8) is 0 Å². The predicted molar refractivity (Wildman–Crippen MR) is 134 cm³/mol. The molecule has 35 heavy (non-hydrogen) atoms. The van der Waals surface area contributed by atoms with Gasteiger partial charge in [0.15, 0.2) is 0 Å². The summed E-state index contributed by atoms with van der Waals surface area (Å²) in [5.41, 5.74) is 0.784. The lowest BCUT2D eigenvalue weighted by atomic mass is 9.95. The number of phenols is 1. The fourth-order valence-corrected chi connectivity index (χ4v) is 4.42. The summed E-state index contributed by atoms with van der Waals surface area (Å²) in [6.45, 7) is 2.20. The van der Waals surface area contributed by atoms with Crippen LogP contribution in [0.3, 0.4) is 0 Å². The van der Waals surface area contributed by atoms with Gasteiger partial charge in [-0.25, -0.2) is 0 Å². The van der Waals surface area contributed by atoms with Crippen molar-refractivity contribution in [2.45, 2.75) is 13.0 Å². The first-order valence-electron chi connectivity index (χ1n) is 10.6. The molecule has 0 aliphatic carbocycles. The number of benzene rings is 3. The van der Waals surface area contributed by atoms with E-state index in [1.54, 1.807) is 30.3 Å². The average Bonchev–Trinajstić information content (AvgIpc) is 3.11. The number of nitrogens with zero attached hydrogens (tertiary/aromatic N) is 1. The Morgan fingerprint density at radius 1 is 1.00 bits per heavy atom. The van der Waals surface area contributed by atoms with Crippen LogP contribution in [0.25, 0.3) is 5.76 Å². The van der Waals surface area contributed by atoms with Gasteiger partial charge in [0.05, 0.1) is 35.4 Å². The molecule has 1 fully saturated rings. The summed E-state index contributed by atoms with van der Waals surface area (Å²) >= 11 is 12.6. The van der Waals surface area contributed by atoms with Crippen LogP contribution in [0, 0.1) is 0 Å². The van der Waals surface area contributed by atoms with Crippen LogP contribution in [0.2, 0.25) is 10.0 Å². The highest BCUT2D eigenvalue weighted by Crippen LogP contribution is 2.44. The molecule has 1 heterocycles. The molecule has 1 aliphatic rings.